The van der Waals surface area contributed by atoms with Gasteiger partial charge in [0, 0.05) is 35.8 Å². The maximum atomic E-state index is 13.1. The normalized spacial score (nSPS) is 14.6. The predicted molar refractivity (Wildman–Crippen MR) is 111 cm³/mol. The summed E-state index contributed by atoms with van der Waals surface area (Å²) >= 11 is 6.34. The van der Waals surface area contributed by atoms with Crippen LogP contribution in [0.5, 0.6) is 11.5 Å². The van der Waals surface area contributed by atoms with Crippen molar-refractivity contribution in [1.29, 1.82) is 0 Å². The van der Waals surface area contributed by atoms with Gasteiger partial charge in [-0.1, -0.05) is 0 Å². The molecule has 1 aliphatic heterocycles. The number of nitrogens with zero attached hydrogens (tertiary/aromatic N) is 3. The minimum Gasteiger partial charge on any atom is -0.493 e. The summed E-state index contributed by atoms with van der Waals surface area (Å²) in [6.07, 6.45) is 2.95. The average molecular weight is 434 g/mol. The lowest BCUT2D eigenvalue weighted by atomic mass is 10.2. The Kier molecular flexibility index (Phi) is 6.47. The van der Waals surface area contributed by atoms with Gasteiger partial charge < -0.3 is 18.9 Å². The molecule has 1 aromatic heterocycles. The Morgan fingerprint density at radius 2 is 1.93 bits per heavy atom. The molecule has 0 N–H and O–H groups in total. The van der Waals surface area contributed by atoms with Gasteiger partial charge in [-0.3, -0.25) is 0 Å². The smallest absolute Gasteiger partial charge is 0.245 e. The van der Waals surface area contributed by atoms with E-state index in [0.29, 0.717) is 48.9 Å². The summed E-state index contributed by atoms with van der Waals surface area (Å²) in [7, 11) is 1.57. The first kappa shape index (κ1) is 20.6. The van der Waals surface area contributed by atoms with Crippen LogP contribution in [-0.2, 0) is 9.47 Å². The summed E-state index contributed by atoms with van der Waals surface area (Å²) in [5.41, 5.74) is 1.19. The molecule has 9 heteroatoms. The van der Waals surface area contributed by atoms with Crippen molar-refractivity contribution in [2.75, 3.05) is 31.3 Å². The zero-order chi connectivity index (χ0) is 20.9. The van der Waals surface area contributed by atoms with Gasteiger partial charge in [-0.2, -0.15) is 0 Å². The number of aromatic nitrogens is 2. The summed E-state index contributed by atoms with van der Waals surface area (Å²) < 4.78 is 36.8. The Morgan fingerprint density at radius 3 is 2.67 bits per heavy atom. The van der Waals surface area contributed by atoms with Crippen molar-refractivity contribution < 1.29 is 23.3 Å². The van der Waals surface area contributed by atoms with Gasteiger partial charge in [0.05, 0.1) is 38.1 Å². The first-order chi connectivity index (χ1) is 14.6. The van der Waals surface area contributed by atoms with Crippen molar-refractivity contribution in [3.63, 3.8) is 0 Å². The first-order valence-electron chi connectivity index (χ1n) is 9.56. The summed E-state index contributed by atoms with van der Waals surface area (Å²) in [5, 5.41) is 0.767. The van der Waals surface area contributed by atoms with E-state index in [0.717, 1.165) is 11.8 Å². The van der Waals surface area contributed by atoms with Gasteiger partial charge in [-0.25, -0.2) is 18.8 Å². The lowest BCUT2D eigenvalue weighted by Gasteiger charge is -2.23. The highest BCUT2D eigenvalue weighted by Crippen LogP contribution is 2.33. The molecule has 0 spiro atoms. The van der Waals surface area contributed by atoms with E-state index in [4.69, 9.17) is 30.7 Å². The van der Waals surface area contributed by atoms with E-state index in [-0.39, 0.29) is 18.1 Å². The Hall–Kier alpha value is -2.68. The second-order valence-electron chi connectivity index (χ2n) is 6.65. The Labute approximate surface area is 178 Å². The van der Waals surface area contributed by atoms with Gasteiger partial charge in [-0.05, 0) is 36.8 Å². The molecule has 2 heterocycles. The van der Waals surface area contributed by atoms with Crippen molar-refractivity contribution in [2.24, 2.45) is 0 Å². The molecule has 7 nitrogen and oxygen atoms in total. The summed E-state index contributed by atoms with van der Waals surface area (Å²) in [6, 6.07) is 9.32. The molecule has 1 saturated heterocycles. The van der Waals surface area contributed by atoms with E-state index in [2.05, 4.69) is 9.97 Å². The molecular formula is C21H21ClFN3O4. The number of methoxy groups -OCH3 is 1. The molecule has 0 saturated carbocycles. The number of hydrogen-bond acceptors (Lipinski definition) is 7. The van der Waals surface area contributed by atoms with Crippen molar-refractivity contribution in [3.05, 3.63) is 48.4 Å². The average Bonchev–Trinajstić information content (AvgIpc) is 2.79. The molecule has 30 heavy (non-hydrogen) atoms. The summed E-state index contributed by atoms with van der Waals surface area (Å²) in [5.74, 6) is 1.04. The van der Waals surface area contributed by atoms with Crippen molar-refractivity contribution in [3.8, 4) is 11.5 Å². The van der Waals surface area contributed by atoms with Crippen LogP contribution in [0.4, 0.5) is 16.0 Å². The van der Waals surface area contributed by atoms with Crippen LogP contribution in [0.1, 0.15) is 12.8 Å². The molecule has 1 aliphatic rings. The van der Waals surface area contributed by atoms with Crippen LogP contribution >= 0.6 is 11.8 Å². The van der Waals surface area contributed by atoms with Crippen molar-refractivity contribution in [1.82, 2.24) is 9.97 Å². The van der Waals surface area contributed by atoms with Gasteiger partial charge >= 0.3 is 0 Å². The third kappa shape index (κ3) is 4.72. The molecule has 0 aliphatic carbocycles. The number of halogens is 2. The number of rotatable bonds is 7. The Bertz CT molecular complexity index is 999. The minimum absolute atomic E-state index is 0.239. The predicted octanol–water partition coefficient (Wildman–Crippen LogP) is 4.60. The van der Waals surface area contributed by atoms with Gasteiger partial charge in [-0.15, -0.1) is 0 Å². The Morgan fingerprint density at radius 1 is 1.17 bits per heavy atom. The quantitative estimate of drug-likeness (QED) is 0.504. The number of ether oxygens (including phenoxy) is 4. The fourth-order valence-corrected chi connectivity index (χ4v) is 3.25. The molecular weight excluding hydrogens is 413 g/mol. The topological polar surface area (TPSA) is 65.9 Å². The SMILES string of the molecule is COc1cc2nc(N(Cl)c3ccc(F)cc3)ncc2cc1OCCC1OCCCO1. The van der Waals surface area contributed by atoms with Gasteiger partial charge in [0.2, 0.25) is 5.95 Å². The molecule has 0 atom stereocenters. The maximum absolute atomic E-state index is 13.1. The zero-order valence-electron chi connectivity index (χ0n) is 16.4. The summed E-state index contributed by atoms with van der Waals surface area (Å²) in [4.78, 5) is 8.80. The molecule has 2 aromatic carbocycles. The molecule has 0 radical (unpaired) electrons. The van der Waals surface area contributed by atoms with Gasteiger partial charge in [0.25, 0.3) is 0 Å². The molecule has 0 amide bonds. The van der Waals surface area contributed by atoms with Crippen LogP contribution in [-0.4, -0.2) is 43.2 Å². The standard InChI is InChI=1S/C21H21ClFN3O4/c1-27-18-12-17-14(11-19(18)28-10-7-20-29-8-2-9-30-20)13-24-21(25-17)26(22)16-5-3-15(23)4-6-16/h3-6,11-13,20H,2,7-10H2,1H3. The monoisotopic (exact) mass is 433 g/mol. The highest BCUT2D eigenvalue weighted by Gasteiger charge is 2.16. The first-order valence-corrected chi connectivity index (χ1v) is 9.90. The number of anilines is 2. The summed E-state index contributed by atoms with van der Waals surface area (Å²) in [6.45, 7) is 1.84. The lowest BCUT2D eigenvalue weighted by Crippen LogP contribution is -2.26. The molecule has 1 fully saturated rings. The van der Waals surface area contributed by atoms with E-state index in [1.54, 1.807) is 31.5 Å². The molecule has 0 bridgehead atoms. The second-order valence-corrected chi connectivity index (χ2v) is 6.99. The lowest BCUT2D eigenvalue weighted by molar-refractivity contribution is -0.183. The molecule has 158 valence electrons. The number of hydrogen-bond donors (Lipinski definition) is 0. The van der Waals surface area contributed by atoms with Crippen LogP contribution in [0.3, 0.4) is 0 Å². The van der Waals surface area contributed by atoms with E-state index >= 15 is 0 Å². The highest BCUT2D eigenvalue weighted by atomic mass is 35.5. The zero-order valence-corrected chi connectivity index (χ0v) is 17.1. The maximum Gasteiger partial charge on any atom is 0.245 e. The highest BCUT2D eigenvalue weighted by molar-refractivity contribution is 6.28. The van der Waals surface area contributed by atoms with Crippen molar-refractivity contribution >= 4 is 34.3 Å². The van der Waals surface area contributed by atoms with Crippen molar-refractivity contribution in [2.45, 2.75) is 19.1 Å². The van der Waals surface area contributed by atoms with Crippen LogP contribution in [0.2, 0.25) is 0 Å². The Balaban J connectivity index is 1.51. The minimum atomic E-state index is -0.345. The van der Waals surface area contributed by atoms with Gasteiger partial charge in [0.1, 0.15) is 5.82 Å². The van der Waals surface area contributed by atoms with Crippen LogP contribution in [0.15, 0.2) is 42.6 Å². The molecule has 3 aromatic rings. The number of fused-ring (bicyclic) bond motifs is 1. The van der Waals surface area contributed by atoms with Crippen LogP contribution < -0.4 is 13.9 Å². The van der Waals surface area contributed by atoms with E-state index in [1.165, 1.54) is 16.6 Å². The molecule has 0 unspecified atom stereocenters. The largest absolute Gasteiger partial charge is 0.493 e. The van der Waals surface area contributed by atoms with Crippen LogP contribution in [0, 0.1) is 5.82 Å². The van der Waals surface area contributed by atoms with Crippen LogP contribution in [0.25, 0.3) is 10.9 Å². The number of benzene rings is 2. The third-order valence-electron chi connectivity index (χ3n) is 4.59. The third-order valence-corrected chi connectivity index (χ3v) is 4.94. The van der Waals surface area contributed by atoms with E-state index in [9.17, 15) is 4.39 Å². The van der Waals surface area contributed by atoms with E-state index in [1.807, 2.05) is 6.07 Å². The fraction of sp³-hybridized carbons (Fsp3) is 0.333. The van der Waals surface area contributed by atoms with E-state index < -0.39 is 0 Å². The molecule has 4 rings (SSSR count). The van der Waals surface area contributed by atoms with Gasteiger partial charge in [0.15, 0.2) is 17.8 Å². The fourth-order valence-electron chi connectivity index (χ4n) is 3.05. The second kappa shape index (κ2) is 9.42.